The number of nitrogens with one attached hydrogen (secondary N) is 1. The first-order chi connectivity index (χ1) is 16.5. The molecule has 0 aliphatic heterocycles. The van der Waals surface area contributed by atoms with Gasteiger partial charge in [-0.1, -0.05) is 48.0 Å². The Balaban J connectivity index is 1.46. The molecule has 8 nitrogen and oxygen atoms in total. The number of aryl methyl sites for hydroxylation is 2. The van der Waals surface area contributed by atoms with E-state index in [9.17, 15) is 14.4 Å². The van der Waals surface area contributed by atoms with E-state index in [4.69, 9.17) is 9.47 Å². The molecule has 0 bridgehead atoms. The van der Waals surface area contributed by atoms with Gasteiger partial charge in [-0.3, -0.25) is 9.59 Å². The van der Waals surface area contributed by atoms with Gasteiger partial charge in [0.2, 0.25) is 0 Å². The Bertz CT molecular complexity index is 1410. The first-order valence-corrected chi connectivity index (χ1v) is 10.8. The van der Waals surface area contributed by atoms with Crippen molar-refractivity contribution in [3.05, 3.63) is 94.4 Å². The number of fused-ring (bicyclic) bond motifs is 1. The minimum Gasteiger partial charge on any atom is -0.455 e. The molecule has 0 saturated carbocycles. The van der Waals surface area contributed by atoms with E-state index in [-0.39, 0.29) is 11.3 Å². The van der Waals surface area contributed by atoms with Crippen LogP contribution in [0.4, 0.5) is 5.69 Å². The molecule has 172 valence electrons. The van der Waals surface area contributed by atoms with Crippen LogP contribution in [0.5, 0.6) is 11.5 Å². The molecule has 0 saturated heterocycles. The summed E-state index contributed by atoms with van der Waals surface area (Å²) in [6.45, 7) is 3.50. The second-order valence-corrected chi connectivity index (χ2v) is 7.55. The van der Waals surface area contributed by atoms with Crippen molar-refractivity contribution in [3.63, 3.8) is 0 Å². The Hall–Kier alpha value is -4.46. The van der Waals surface area contributed by atoms with Crippen LogP contribution in [-0.4, -0.2) is 28.3 Å². The van der Waals surface area contributed by atoms with Crippen molar-refractivity contribution < 1.29 is 19.1 Å². The third kappa shape index (κ3) is 4.96. The van der Waals surface area contributed by atoms with Crippen LogP contribution in [0.15, 0.2) is 77.6 Å². The molecule has 8 heteroatoms. The molecule has 4 aromatic rings. The second kappa shape index (κ2) is 9.99. The van der Waals surface area contributed by atoms with Gasteiger partial charge in [-0.25, -0.2) is 9.48 Å². The number of carbonyl (C=O) groups excluding carboxylic acids is 2. The van der Waals surface area contributed by atoms with Crippen LogP contribution in [-0.2, 0) is 16.1 Å². The summed E-state index contributed by atoms with van der Waals surface area (Å²) in [5, 5.41) is 7.56. The fourth-order valence-electron chi connectivity index (χ4n) is 3.38. The van der Waals surface area contributed by atoms with Gasteiger partial charge >= 0.3 is 5.97 Å². The molecule has 0 radical (unpaired) electrons. The molecule has 34 heavy (non-hydrogen) atoms. The molecule has 0 spiro atoms. The van der Waals surface area contributed by atoms with Gasteiger partial charge in [0.15, 0.2) is 18.1 Å². The lowest BCUT2D eigenvalue weighted by Gasteiger charge is -2.13. The quantitative estimate of drug-likeness (QED) is 0.415. The third-order valence-electron chi connectivity index (χ3n) is 5.10. The van der Waals surface area contributed by atoms with Crippen molar-refractivity contribution in [2.24, 2.45) is 0 Å². The van der Waals surface area contributed by atoms with Gasteiger partial charge in [-0.15, -0.1) is 0 Å². The van der Waals surface area contributed by atoms with Gasteiger partial charge in [-0.05, 0) is 44.2 Å². The molecule has 0 aliphatic carbocycles. The summed E-state index contributed by atoms with van der Waals surface area (Å²) in [7, 11) is 0. The molecular weight excluding hydrogens is 434 g/mol. The maximum absolute atomic E-state index is 12.7. The van der Waals surface area contributed by atoms with Gasteiger partial charge in [0.25, 0.3) is 11.5 Å². The van der Waals surface area contributed by atoms with Crippen LogP contribution in [0, 0.1) is 6.92 Å². The number of nitrogens with zero attached hydrogens (tertiary/aromatic N) is 2. The zero-order valence-corrected chi connectivity index (χ0v) is 18.8. The fourth-order valence-corrected chi connectivity index (χ4v) is 3.38. The van der Waals surface area contributed by atoms with Crippen molar-refractivity contribution >= 4 is 28.3 Å². The predicted octanol–water partition coefficient (Wildman–Crippen LogP) is 4.31. The van der Waals surface area contributed by atoms with Crippen molar-refractivity contribution in [1.82, 2.24) is 9.78 Å². The first-order valence-electron chi connectivity index (χ1n) is 10.8. The summed E-state index contributed by atoms with van der Waals surface area (Å²) in [5.74, 6) is -0.254. The van der Waals surface area contributed by atoms with Crippen molar-refractivity contribution in [2.75, 3.05) is 11.9 Å². The zero-order valence-electron chi connectivity index (χ0n) is 18.8. The lowest BCUT2D eigenvalue weighted by Crippen LogP contribution is -2.27. The number of amides is 1. The van der Waals surface area contributed by atoms with E-state index in [1.165, 1.54) is 4.68 Å². The summed E-state index contributed by atoms with van der Waals surface area (Å²) in [4.78, 5) is 37.7. The SMILES string of the molecule is CCn1nc(C(=O)OCC(=O)Nc2ccccc2Oc2ccc(C)cc2)c2ccccc2c1=O. The van der Waals surface area contributed by atoms with E-state index >= 15 is 0 Å². The lowest BCUT2D eigenvalue weighted by atomic mass is 10.1. The third-order valence-corrected chi connectivity index (χ3v) is 5.10. The maximum Gasteiger partial charge on any atom is 0.359 e. The Morgan fingerprint density at radius 2 is 1.62 bits per heavy atom. The van der Waals surface area contributed by atoms with Gasteiger partial charge in [0.1, 0.15) is 5.75 Å². The molecule has 1 heterocycles. The largest absolute Gasteiger partial charge is 0.455 e. The van der Waals surface area contributed by atoms with E-state index in [1.54, 1.807) is 55.5 Å². The minimum absolute atomic E-state index is 0.0204. The lowest BCUT2D eigenvalue weighted by molar-refractivity contribution is -0.119. The fraction of sp³-hybridized carbons (Fsp3) is 0.154. The number of aromatic nitrogens is 2. The Kier molecular flexibility index (Phi) is 6.68. The number of para-hydroxylation sites is 2. The number of rotatable bonds is 7. The molecule has 1 N–H and O–H groups in total. The average molecular weight is 457 g/mol. The van der Waals surface area contributed by atoms with Crippen molar-refractivity contribution in [1.29, 1.82) is 0 Å². The van der Waals surface area contributed by atoms with E-state index in [1.807, 2.05) is 31.2 Å². The van der Waals surface area contributed by atoms with Crippen LogP contribution in [0.25, 0.3) is 10.8 Å². The van der Waals surface area contributed by atoms with E-state index < -0.39 is 18.5 Å². The molecule has 0 aliphatic rings. The monoisotopic (exact) mass is 457 g/mol. The molecule has 1 amide bonds. The van der Waals surface area contributed by atoms with Crippen LogP contribution in [0.1, 0.15) is 23.0 Å². The van der Waals surface area contributed by atoms with Crippen LogP contribution >= 0.6 is 0 Å². The highest BCUT2D eigenvalue weighted by atomic mass is 16.5. The Labute approximate surface area is 195 Å². The van der Waals surface area contributed by atoms with E-state index in [0.717, 1.165) is 5.56 Å². The smallest absolute Gasteiger partial charge is 0.359 e. The number of carbonyl (C=O) groups is 2. The van der Waals surface area contributed by atoms with Crippen LogP contribution in [0.2, 0.25) is 0 Å². The van der Waals surface area contributed by atoms with Gasteiger partial charge in [-0.2, -0.15) is 5.10 Å². The summed E-state index contributed by atoms with van der Waals surface area (Å²) < 4.78 is 12.3. The average Bonchev–Trinajstić information content (AvgIpc) is 2.85. The van der Waals surface area contributed by atoms with E-state index in [2.05, 4.69) is 10.4 Å². The van der Waals surface area contributed by atoms with Crippen molar-refractivity contribution in [2.45, 2.75) is 20.4 Å². The Morgan fingerprint density at radius 3 is 2.35 bits per heavy atom. The van der Waals surface area contributed by atoms with E-state index in [0.29, 0.717) is 34.5 Å². The second-order valence-electron chi connectivity index (χ2n) is 7.55. The normalized spacial score (nSPS) is 10.6. The number of esters is 1. The molecule has 0 fully saturated rings. The summed E-state index contributed by atoms with van der Waals surface area (Å²) >= 11 is 0. The standard InChI is InChI=1S/C26H23N3O5/c1-3-29-25(31)20-9-5-4-8-19(20)24(28-29)26(32)33-16-23(30)27-21-10-6-7-11-22(21)34-18-14-12-17(2)13-15-18/h4-15H,3,16H2,1-2H3,(H,27,30). The van der Waals surface area contributed by atoms with Crippen molar-refractivity contribution in [3.8, 4) is 11.5 Å². The molecule has 3 aromatic carbocycles. The van der Waals surface area contributed by atoms with Gasteiger partial charge in [0.05, 0.1) is 11.1 Å². The summed E-state index contributed by atoms with van der Waals surface area (Å²) in [6.07, 6.45) is 0. The predicted molar refractivity (Wildman–Crippen MR) is 128 cm³/mol. The van der Waals surface area contributed by atoms with Crippen LogP contribution < -0.4 is 15.6 Å². The molecule has 0 atom stereocenters. The number of ether oxygens (including phenoxy) is 2. The zero-order chi connectivity index (χ0) is 24.1. The number of hydrogen-bond acceptors (Lipinski definition) is 6. The van der Waals surface area contributed by atoms with Crippen LogP contribution in [0.3, 0.4) is 0 Å². The molecule has 4 rings (SSSR count). The molecule has 0 unspecified atom stereocenters. The Morgan fingerprint density at radius 1 is 0.941 bits per heavy atom. The first kappa shape index (κ1) is 22.7. The minimum atomic E-state index is -0.794. The maximum atomic E-state index is 12.7. The number of hydrogen-bond donors (Lipinski definition) is 1. The highest BCUT2D eigenvalue weighted by Crippen LogP contribution is 2.29. The highest BCUT2D eigenvalue weighted by Gasteiger charge is 2.19. The summed E-state index contributed by atoms with van der Waals surface area (Å²) in [6, 6.07) is 21.2. The topological polar surface area (TPSA) is 99.5 Å². The molecule has 1 aromatic heterocycles. The summed E-state index contributed by atoms with van der Waals surface area (Å²) in [5.41, 5.74) is 1.23. The molecular formula is C26H23N3O5. The van der Waals surface area contributed by atoms with Gasteiger partial charge < -0.3 is 14.8 Å². The number of benzene rings is 3. The highest BCUT2D eigenvalue weighted by molar-refractivity contribution is 6.03. The number of anilines is 1. The van der Waals surface area contributed by atoms with Gasteiger partial charge in [0, 0.05) is 11.9 Å².